The lowest BCUT2D eigenvalue weighted by Crippen LogP contribution is -2.32. The summed E-state index contributed by atoms with van der Waals surface area (Å²) in [6.07, 6.45) is 0. The van der Waals surface area contributed by atoms with Crippen LogP contribution in [0.25, 0.3) is 67.5 Å². The first kappa shape index (κ1) is 33.8. The van der Waals surface area contributed by atoms with Gasteiger partial charge in [0.1, 0.15) is 11.5 Å². The molecule has 9 aromatic rings. The zero-order valence-electron chi connectivity index (χ0n) is 32.0. The Bertz CT molecular complexity index is 2950. The van der Waals surface area contributed by atoms with E-state index in [-0.39, 0.29) is 0 Å². The number of benzene rings is 7. The van der Waals surface area contributed by atoms with Crippen molar-refractivity contribution in [1.82, 2.24) is 19.9 Å². The average Bonchev–Trinajstić information content (AvgIpc) is 3.57. The van der Waals surface area contributed by atoms with Crippen LogP contribution in [0.4, 0.5) is 0 Å². The molecule has 0 fully saturated rings. The third-order valence-corrected chi connectivity index (χ3v) is 11.7. The molecule has 0 radical (unpaired) electrons. The van der Waals surface area contributed by atoms with Crippen LogP contribution in [0.15, 0.2) is 182 Å². The number of hydrogen-bond acceptors (Lipinski definition) is 5. The van der Waals surface area contributed by atoms with E-state index in [1.165, 1.54) is 22.3 Å². The molecule has 0 unspecified atom stereocenters. The summed E-state index contributed by atoms with van der Waals surface area (Å²) in [4.78, 5) is 20.3. The maximum Gasteiger partial charge on any atom is 0.164 e. The second-order valence-corrected chi connectivity index (χ2v) is 15.0. The first-order valence-corrected chi connectivity index (χ1v) is 19.6. The van der Waals surface area contributed by atoms with Crippen molar-refractivity contribution in [2.45, 2.75) is 19.3 Å². The lowest BCUT2D eigenvalue weighted by atomic mass is 9.65. The number of nitrogens with zero attached hydrogens (tertiary/aromatic N) is 4. The summed E-state index contributed by atoms with van der Waals surface area (Å²) in [5.41, 5.74) is 15.3. The molecular weight excluding hydrogens is 709 g/mol. The zero-order chi connectivity index (χ0) is 38.8. The molecule has 0 saturated carbocycles. The van der Waals surface area contributed by atoms with Gasteiger partial charge < -0.3 is 4.74 Å². The molecule has 5 heteroatoms. The molecule has 0 N–H and O–H groups in total. The second kappa shape index (κ2) is 13.3. The highest BCUT2D eigenvalue weighted by atomic mass is 16.5. The van der Waals surface area contributed by atoms with E-state index in [1.807, 2.05) is 67.6 Å². The van der Waals surface area contributed by atoms with Crippen LogP contribution in [-0.2, 0) is 5.41 Å². The van der Waals surface area contributed by atoms with Gasteiger partial charge in [-0.3, -0.25) is 4.98 Å². The number of aryl methyl sites for hydroxylation is 2. The molecule has 0 atom stereocenters. The molecule has 274 valence electrons. The van der Waals surface area contributed by atoms with Crippen LogP contribution < -0.4 is 4.74 Å². The highest BCUT2D eigenvalue weighted by molar-refractivity contribution is 5.94. The molecule has 1 aliphatic carbocycles. The van der Waals surface area contributed by atoms with Gasteiger partial charge in [-0.05, 0) is 65.4 Å². The summed E-state index contributed by atoms with van der Waals surface area (Å²) >= 11 is 0. The Labute approximate surface area is 337 Å². The minimum Gasteiger partial charge on any atom is -0.456 e. The van der Waals surface area contributed by atoms with Gasteiger partial charge in [0.15, 0.2) is 17.5 Å². The van der Waals surface area contributed by atoms with Crippen LogP contribution in [0, 0.1) is 13.8 Å². The van der Waals surface area contributed by atoms with Crippen LogP contribution in [0.5, 0.6) is 11.5 Å². The minimum atomic E-state index is -0.626. The van der Waals surface area contributed by atoms with Gasteiger partial charge in [-0.2, -0.15) is 0 Å². The number of ether oxygens (including phenoxy) is 1. The molecule has 7 aromatic carbocycles. The number of rotatable bonds is 5. The fourth-order valence-corrected chi connectivity index (χ4v) is 9.13. The lowest BCUT2D eigenvalue weighted by Gasteiger charge is -2.40. The highest BCUT2D eigenvalue weighted by Crippen LogP contribution is 2.64. The van der Waals surface area contributed by atoms with Crippen molar-refractivity contribution >= 4 is 0 Å². The number of aromatic nitrogens is 4. The van der Waals surface area contributed by atoms with Gasteiger partial charge in [0.05, 0.1) is 5.41 Å². The van der Waals surface area contributed by atoms with Crippen LogP contribution in [-0.4, -0.2) is 19.9 Å². The Hall–Kier alpha value is -7.50. The zero-order valence-corrected chi connectivity index (χ0v) is 32.0. The second-order valence-electron chi connectivity index (χ2n) is 15.0. The monoisotopic (exact) mass is 744 g/mol. The predicted molar refractivity (Wildman–Crippen MR) is 232 cm³/mol. The number of hydrogen-bond donors (Lipinski definition) is 0. The Morgan fingerprint density at radius 2 is 0.879 bits per heavy atom. The van der Waals surface area contributed by atoms with Crippen molar-refractivity contribution < 1.29 is 4.74 Å². The van der Waals surface area contributed by atoms with Crippen LogP contribution in [0.2, 0.25) is 0 Å². The van der Waals surface area contributed by atoms with Crippen molar-refractivity contribution in [2.75, 3.05) is 0 Å². The molecule has 0 bridgehead atoms. The van der Waals surface area contributed by atoms with Crippen LogP contribution in [0.1, 0.15) is 33.6 Å². The number of fused-ring (bicyclic) bond motifs is 9. The SMILES string of the molecule is Cc1ccc(-c2ccc(-c3c(-c4nc(-c5ccccc5)nc(-c5ccccc5)n4)ccc4c3Oc3ccccc3C43c4ccccc4-c4ccccc43)cc2)c(C)n1. The third kappa shape index (κ3) is 5.17. The molecule has 58 heavy (non-hydrogen) atoms. The van der Waals surface area contributed by atoms with Crippen molar-refractivity contribution in [2.24, 2.45) is 0 Å². The molecule has 2 aliphatic rings. The van der Waals surface area contributed by atoms with E-state index in [9.17, 15) is 0 Å². The first-order chi connectivity index (χ1) is 28.6. The van der Waals surface area contributed by atoms with Crippen molar-refractivity contribution in [1.29, 1.82) is 0 Å². The molecule has 1 aliphatic heterocycles. The Kier molecular flexibility index (Phi) is 7.76. The maximum atomic E-state index is 7.24. The Morgan fingerprint density at radius 3 is 1.50 bits per heavy atom. The predicted octanol–water partition coefficient (Wildman–Crippen LogP) is 12.7. The third-order valence-electron chi connectivity index (χ3n) is 11.7. The summed E-state index contributed by atoms with van der Waals surface area (Å²) in [5, 5.41) is 0. The van der Waals surface area contributed by atoms with Crippen molar-refractivity contribution in [3.63, 3.8) is 0 Å². The number of para-hydroxylation sites is 1. The van der Waals surface area contributed by atoms with E-state index >= 15 is 0 Å². The van der Waals surface area contributed by atoms with Gasteiger partial charge in [-0.25, -0.2) is 15.0 Å². The van der Waals surface area contributed by atoms with E-state index in [4.69, 9.17) is 24.7 Å². The van der Waals surface area contributed by atoms with Gasteiger partial charge >= 0.3 is 0 Å². The van der Waals surface area contributed by atoms with E-state index in [0.717, 1.165) is 73.0 Å². The highest BCUT2D eigenvalue weighted by Gasteiger charge is 2.51. The van der Waals surface area contributed by atoms with Gasteiger partial charge in [0, 0.05) is 50.3 Å². The van der Waals surface area contributed by atoms with E-state index < -0.39 is 5.41 Å². The largest absolute Gasteiger partial charge is 0.456 e. The van der Waals surface area contributed by atoms with Gasteiger partial charge in [0.25, 0.3) is 0 Å². The van der Waals surface area contributed by atoms with Crippen molar-refractivity contribution in [3.05, 3.63) is 216 Å². The standard InChI is InChI=1S/C53H36N4O/c1-33-25-30-39(34(2)54-33)35-26-28-36(29-27-35)48-42(52-56-50(37-15-5-3-6-16-37)55-51(57-52)38-17-7-4-8-18-38)31-32-46-49(48)58-47-24-14-13-23-45(47)53(46)43-21-11-9-19-40(43)41-20-10-12-22-44(41)53/h3-32H,1-2H3. The Morgan fingerprint density at radius 1 is 0.362 bits per heavy atom. The Balaban J connectivity index is 1.22. The molecule has 0 saturated heterocycles. The van der Waals surface area contributed by atoms with Gasteiger partial charge in [-0.15, -0.1) is 0 Å². The lowest BCUT2D eigenvalue weighted by molar-refractivity contribution is 0.438. The fraction of sp³-hybridized carbons (Fsp3) is 0.0566. The molecular formula is C53H36N4O. The molecule has 1 spiro atoms. The number of pyridine rings is 1. The molecule has 11 rings (SSSR count). The average molecular weight is 745 g/mol. The topological polar surface area (TPSA) is 60.8 Å². The molecule has 3 heterocycles. The van der Waals surface area contributed by atoms with E-state index in [1.54, 1.807) is 0 Å². The molecule has 2 aromatic heterocycles. The summed E-state index contributed by atoms with van der Waals surface area (Å²) in [5.74, 6) is 3.38. The van der Waals surface area contributed by atoms with Crippen molar-refractivity contribution in [3.8, 4) is 79.0 Å². The summed E-state index contributed by atoms with van der Waals surface area (Å²) in [7, 11) is 0. The maximum absolute atomic E-state index is 7.24. The van der Waals surface area contributed by atoms with E-state index in [0.29, 0.717) is 17.5 Å². The first-order valence-electron chi connectivity index (χ1n) is 19.6. The van der Waals surface area contributed by atoms with Gasteiger partial charge in [-0.1, -0.05) is 164 Å². The quantitative estimate of drug-likeness (QED) is 0.176. The smallest absolute Gasteiger partial charge is 0.164 e. The summed E-state index contributed by atoms with van der Waals surface area (Å²) in [6, 6.07) is 63.8. The van der Waals surface area contributed by atoms with Crippen LogP contribution in [0.3, 0.4) is 0 Å². The minimum absolute atomic E-state index is 0.567. The van der Waals surface area contributed by atoms with Gasteiger partial charge in [0.2, 0.25) is 0 Å². The summed E-state index contributed by atoms with van der Waals surface area (Å²) < 4.78 is 7.24. The molecule has 5 nitrogen and oxygen atoms in total. The molecule has 0 amide bonds. The summed E-state index contributed by atoms with van der Waals surface area (Å²) in [6.45, 7) is 4.10. The normalized spacial score (nSPS) is 12.9. The van der Waals surface area contributed by atoms with Crippen LogP contribution >= 0.6 is 0 Å². The van der Waals surface area contributed by atoms with E-state index in [2.05, 4.69) is 128 Å². The fourth-order valence-electron chi connectivity index (χ4n) is 9.13.